The van der Waals surface area contributed by atoms with E-state index in [9.17, 15) is 0 Å². The van der Waals surface area contributed by atoms with Crippen molar-refractivity contribution in [1.29, 1.82) is 0 Å². The van der Waals surface area contributed by atoms with Gasteiger partial charge in [-0.3, -0.25) is 9.58 Å². The van der Waals surface area contributed by atoms with Gasteiger partial charge in [-0.2, -0.15) is 5.10 Å². The molecule has 96 valence electrons. The molecule has 0 saturated carbocycles. The van der Waals surface area contributed by atoms with E-state index in [2.05, 4.69) is 29.9 Å². The zero-order valence-corrected chi connectivity index (χ0v) is 10.7. The first-order valence-electron chi connectivity index (χ1n) is 6.26. The molecule has 1 atom stereocenters. The number of rotatable bonds is 4. The van der Waals surface area contributed by atoms with Crippen LogP contribution < -0.4 is 5.73 Å². The van der Waals surface area contributed by atoms with Gasteiger partial charge in [-0.05, 0) is 19.9 Å². The summed E-state index contributed by atoms with van der Waals surface area (Å²) in [5, 5.41) is 4.57. The highest BCUT2D eigenvalue weighted by molar-refractivity contribution is 5.00. The van der Waals surface area contributed by atoms with Gasteiger partial charge in [-0.25, -0.2) is 0 Å². The average Bonchev–Trinajstić information content (AvgIpc) is 2.78. The summed E-state index contributed by atoms with van der Waals surface area (Å²) >= 11 is 0. The monoisotopic (exact) mass is 238 g/mol. The zero-order valence-electron chi connectivity index (χ0n) is 10.7. The Morgan fingerprint density at radius 1 is 1.59 bits per heavy atom. The number of nitrogens with two attached hydrogens (primary N) is 1. The molecule has 1 aliphatic rings. The first-order chi connectivity index (χ1) is 8.20. The molecule has 0 spiro atoms. The predicted molar refractivity (Wildman–Crippen MR) is 66.7 cm³/mol. The van der Waals surface area contributed by atoms with Crippen LogP contribution in [0.3, 0.4) is 0 Å². The third kappa shape index (κ3) is 3.06. The van der Waals surface area contributed by atoms with Crippen LogP contribution in [0.2, 0.25) is 0 Å². The third-order valence-electron chi connectivity index (χ3n) is 3.18. The highest BCUT2D eigenvalue weighted by Gasteiger charge is 2.22. The lowest BCUT2D eigenvalue weighted by Crippen LogP contribution is -2.48. The van der Waals surface area contributed by atoms with Crippen LogP contribution in [0.4, 0.5) is 0 Å². The number of hydrogen-bond donors (Lipinski definition) is 1. The summed E-state index contributed by atoms with van der Waals surface area (Å²) < 4.78 is 7.43. The van der Waals surface area contributed by atoms with Crippen LogP contribution in [0, 0.1) is 0 Å². The second kappa shape index (κ2) is 5.62. The van der Waals surface area contributed by atoms with Gasteiger partial charge in [0, 0.05) is 37.9 Å². The van der Waals surface area contributed by atoms with Crippen molar-refractivity contribution in [3.8, 4) is 0 Å². The topological polar surface area (TPSA) is 56.3 Å². The van der Waals surface area contributed by atoms with Gasteiger partial charge in [0.05, 0.1) is 18.9 Å². The summed E-state index contributed by atoms with van der Waals surface area (Å²) in [5.41, 5.74) is 6.86. The van der Waals surface area contributed by atoms with Gasteiger partial charge in [0.2, 0.25) is 0 Å². The number of aromatic nitrogens is 2. The zero-order chi connectivity index (χ0) is 12.3. The summed E-state index contributed by atoms with van der Waals surface area (Å²) in [6.07, 6.45) is 2.04. The van der Waals surface area contributed by atoms with Crippen molar-refractivity contribution in [2.24, 2.45) is 5.73 Å². The molecule has 2 N–H and O–H groups in total. The summed E-state index contributed by atoms with van der Waals surface area (Å²) in [4.78, 5) is 2.36. The fourth-order valence-electron chi connectivity index (χ4n) is 2.07. The van der Waals surface area contributed by atoms with Crippen LogP contribution >= 0.6 is 0 Å². The van der Waals surface area contributed by atoms with Crippen LogP contribution in [0.25, 0.3) is 0 Å². The molecular weight excluding hydrogens is 216 g/mol. The molecule has 1 saturated heterocycles. The summed E-state index contributed by atoms with van der Waals surface area (Å²) in [5.74, 6) is 0. The number of nitrogens with zero attached hydrogens (tertiary/aromatic N) is 3. The van der Waals surface area contributed by atoms with Crippen LogP contribution in [0.15, 0.2) is 12.3 Å². The molecule has 1 aromatic heterocycles. The molecule has 0 aliphatic carbocycles. The van der Waals surface area contributed by atoms with Crippen molar-refractivity contribution in [2.45, 2.75) is 32.5 Å². The standard InChI is InChI=1S/C12H22N4O/c1-10(2)16-4-3-11(14-16)8-15-5-6-17-9-12(15)7-13/h3-4,10,12H,5-9,13H2,1-2H3. The normalized spacial score (nSPS) is 22.2. The highest BCUT2D eigenvalue weighted by Crippen LogP contribution is 2.11. The van der Waals surface area contributed by atoms with Gasteiger partial charge in [0.15, 0.2) is 0 Å². The molecule has 1 aromatic rings. The Bertz CT molecular complexity index is 350. The van der Waals surface area contributed by atoms with Crippen molar-refractivity contribution in [3.05, 3.63) is 18.0 Å². The Morgan fingerprint density at radius 2 is 2.41 bits per heavy atom. The van der Waals surface area contributed by atoms with Gasteiger partial charge in [0.1, 0.15) is 0 Å². The van der Waals surface area contributed by atoms with Gasteiger partial charge < -0.3 is 10.5 Å². The van der Waals surface area contributed by atoms with Gasteiger partial charge >= 0.3 is 0 Å². The van der Waals surface area contributed by atoms with E-state index in [4.69, 9.17) is 10.5 Å². The van der Waals surface area contributed by atoms with Gasteiger partial charge in [0.25, 0.3) is 0 Å². The Kier molecular flexibility index (Phi) is 4.15. The Morgan fingerprint density at radius 3 is 3.06 bits per heavy atom. The van der Waals surface area contributed by atoms with Crippen molar-refractivity contribution in [1.82, 2.24) is 14.7 Å². The average molecular weight is 238 g/mol. The molecule has 1 aliphatic heterocycles. The van der Waals surface area contributed by atoms with E-state index in [1.165, 1.54) is 0 Å². The minimum atomic E-state index is 0.327. The first kappa shape index (κ1) is 12.5. The van der Waals surface area contributed by atoms with E-state index >= 15 is 0 Å². The first-order valence-corrected chi connectivity index (χ1v) is 6.26. The van der Waals surface area contributed by atoms with E-state index in [1.54, 1.807) is 0 Å². The van der Waals surface area contributed by atoms with E-state index in [1.807, 2.05) is 10.9 Å². The SMILES string of the molecule is CC(C)n1ccc(CN2CCOCC2CN)n1. The Labute approximate surface area is 103 Å². The van der Waals surface area contributed by atoms with Crippen LogP contribution in [-0.4, -0.2) is 47.0 Å². The maximum Gasteiger partial charge on any atom is 0.0765 e. The molecule has 0 bridgehead atoms. The molecule has 2 heterocycles. The molecule has 0 radical (unpaired) electrons. The lowest BCUT2D eigenvalue weighted by Gasteiger charge is -2.34. The quantitative estimate of drug-likeness (QED) is 0.835. The minimum Gasteiger partial charge on any atom is -0.378 e. The Hall–Kier alpha value is -0.910. The van der Waals surface area contributed by atoms with Crippen molar-refractivity contribution in [2.75, 3.05) is 26.3 Å². The number of morpholine rings is 1. The maximum atomic E-state index is 5.75. The van der Waals surface area contributed by atoms with E-state index < -0.39 is 0 Å². The van der Waals surface area contributed by atoms with Crippen molar-refractivity contribution in [3.63, 3.8) is 0 Å². The minimum absolute atomic E-state index is 0.327. The van der Waals surface area contributed by atoms with Crippen LogP contribution in [0.1, 0.15) is 25.6 Å². The van der Waals surface area contributed by atoms with Gasteiger partial charge in [-0.15, -0.1) is 0 Å². The summed E-state index contributed by atoms with van der Waals surface area (Å²) in [6, 6.07) is 2.83. The van der Waals surface area contributed by atoms with Crippen molar-refractivity contribution >= 4 is 0 Å². The lowest BCUT2D eigenvalue weighted by atomic mass is 10.2. The fraction of sp³-hybridized carbons (Fsp3) is 0.750. The molecule has 5 nitrogen and oxygen atoms in total. The van der Waals surface area contributed by atoms with E-state index in [0.29, 0.717) is 18.6 Å². The predicted octanol–water partition coefficient (Wildman–Crippen LogP) is 0.624. The molecular formula is C12H22N4O. The second-order valence-electron chi connectivity index (χ2n) is 4.82. The van der Waals surface area contributed by atoms with Crippen molar-refractivity contribution < 1.29 is 4.74 Å². The molecule has 5 heteroatoms. The van der Waals surface area contributed by atoms with E-state index in [0.717, 1.165) is 32.0 Å². The molecule has 0 amide bonds. The van der Waals surface area contributed by atoms with E-state index in [-0.39, 0.29) is 0 Å². The number of ether oxygens (including phenoxy) is 1. The largest absolute Gasteiger partial charge is 0.378 e. The highest BCUT2D eigenvalue weighted by atomic mass is 16.5. The second-order valence-corrected chi connectivity index (χ2v) is 4.82. The third-order valence-corrected chi connectivity index (χ3v) is 3.18. The van der Waals surface area contributed by atoms with Gasteiger partial charge in [-0.1, -0.05) is 0 Å². The smallest absolute Gasteiger partial charge is 0.0765 e. The van der Waals surface area contributed by atoms with Crippen LogP contribution in [0.5, 0.6) is 0 Å². The summed E-state index contributed by atoms with van der Waals surface area (Å²) in [7, 11) is 0. The lowest BCUT2D eigenvalue weighted by molar-refractivity contribution is -0.00854. The molecule has 17 heavy (non-hydrogen) atoms. The molecule has 2 rings (SSSR count). The number of hydrogen-bond acceptors (Lipinski definition) is 4. The maximum absolute atomic E-state index is 5.75. The Balaban J connectivity index is 1.98. The molecule has 1 fully saturated rings. The molecule has 0 aromatic carbocycles. The summed E-state index contributed by atoms with van der Waals surface area (Å²) in [6.45, 7) is 8.25. The van der Waals surface area contributed by atoms with Crippen LogP contribution in [-0.2, 0) is 11.3 Å². The molecule has 1 unspecified atom stereocenters. The fourth-order valence-corrected chi connectivity index (χ4v) is 2.07.